The Morgan fingerprint density at radius 1 is 1.29 bits per heavy atom. The molecule has 1 saturated carbocycles. The number of carbonyl (C=O) groups is 1. The lowest BCUT2D eigenvalue weighted by molar-refractivity contribution is -0.120. The van der Waals surface area contributed by atoms with Gasteiger partial charge in [0.2, 0.25) is 10.0 Å². The lowest BCUT2D eigenvalue weighted by Crippen LogP contribution is -2.39. The van der Waals surface area contributed by atoms with Gasteiger partial charge in [0, 0.05) is 25.4 Å². The Kier molecular flexibility index (Phi) is 3.88. The Morgan fingerprint density at radius 3 is 2.59 bits per heavy atom. The monoisotopic (exact) mass is 259 g/mol. The van der Waals surface area contributed by atoms with E-state index in [4.69, 9.17) is 0 Å². The van der Waals surface area contributed by atoms with Gasteiger partial charge in [-0.1, -0.05) is 0 Å². The molecule has 1 heterocycles. The second kappa shape index (κ2) is 5.06. The van der Waals surface area contributed by atoms with Crippen molar-refractivity contribution in [2.45, 2.75) is 38.5 Å². The van der Waals surface area contributed by atoms with Crippen LogP contribution in [0.25, 0.3) is 0 Å². The Morgan fingerprint density at radius 2 is 2.00 bits per heavy atom. The number of carbonyl (C=O) groups excluding carboxylic acids is 1. The molecular formula is C12H21NO3S. The van der Waals surface area contributed by atoms with Crippen molar-refractivity contribution in [3.8, 4) is 0 Å². The normalized spacial score (nSPS) is 27.0. The summed E-state index contributed by atoms with van der Waals surface area (Å²) < 4.78 is 24.5. The number of ketones is 1. The van der Waals surface area contributed by atoms with Gasteiger partial charge in [-0.05, 0) is 38.0 Å². The molecule has 0 N–H and O–H groups in total. The highest BCUT2D eigenvalue weighted by atomic mass is 32.2. The number of sulfonamides is 1. The van der Waals surface area contributed by atoms with Crippen LogP contribution in [0.4, 0.5) is 0 Å². The van der Waals surface area contributed by atoms with Crippen LogP contribution in [0.1, 0.15) is 38.5 Å². The molecule has 1 unspecified atom stereocenters. The predicted molar refractivity (Wildman–Crippen MR) is 66.1 cm³/mol. The number of rotatable bonds is 5. The van der Waals surface area contributed by atoms with E-state index >= 15 is 0 Å². The summed E-state index contributed by atoms with van der Waals surface area (Å²) in [5.41, 5.74) is 0. The topological polar surface area (TPSA) is 54.5 Å². The first-order valence-electron chi connectivity index (χ1n) is 6.44. The van der Waals surface area contributed by atoms with E-state index in [0.717, 1.165) is 32.1 Å². The van der Waals surface area contributed by atoms with Gasteiger partial charge in [-0.2, -0.15) is 0 Å². The zero-order chi connectivity index (χ0) is 12.5. The van der Waals surface area contributed by atoms with Crippen LogP contribution in [-0.4, -0.2) is 37.9 Å². The molecule has 2 rings (SSSR count). The van der Waals surface area contributed by atoms with Crippen LogP contribution >= 0.6 is 0 Å². The van der Waals surface area contributed by atoms with Gasteiger partial charge in [0.25, 0.3) is 0 Å². The molecule has 1 atom stereocenters. The third kappa shape index (κ3) is 3.78. The molecule has 0 radical (unpaired) electrons. The van der Waals surface area contributed by atoms with Gasteiger partial charge in [0.05, 0.1) is 6.26 Å². The van der Waals surface area contributed by atoms with E-state index in [9.17, 15) is 13.2 Å². The van der Waals surface area contributed by atoms with Crippen molar-refractivity contribution in [3.63, 3.8) is 0 Å². The van der Waals surface area contributed by atoms with Gasteiger partial charge in [0.15, 0.2) is 0 Å². The van der Waals surface area contributed by atoms with E-state index < -0.39 is 10.0 Å². The minimum absolute atomic E-state index is 0.338. The first-order chi connectivity index (χ1) is 7.97. The van der Waals surface area contributed by atoms with Crippen LogP contribution < -0.4 is 0 Å². The maximum Gasteiger partial charge on any atom is 0.211 e. The lowest BCUT2D eigenvalue weighted by Gasteiger charge is -2.30. The number of hydrogen-bond donors (Lipinski definition) is 0. The van der Waals surface area contributed by atoms with Gasteiger partial charge in [-0.3, -0.25) is 4.79 Å². The highest BCUT2D eigenvalue weighted by Crippen LogP contribution is 2.32. The van der Waals surface area contributed by atoms with E-state index in [1.165, 1.54) is 6.26 Å². The third-order valence-electron chi connectivity index (χ3n) is 3.78. The summed E-state index contributed by atoms with van der Waals surface area (Å²) in [6, 6.07) is 0. The van der Waals surface area contributed by atoms with Crippen LogP contribution in [0, 0.1) is 11.8 Å². The first kappa shape index (κ1) is 13.0. The maximum atomic E-state index is 11.6. The van der Waals surface area contributed by atoms with Gasteiger partial charge in [0.1, 0.15) is 5.78 Å². The number of Topliss-reactive ketones (excluding diaryl/α,β-unsaturated/α-hetero) is 1. The molecule has 5 heteroatoms. The van der Waals surface area contributed by atoms with E-state index in [-0.39, 0.29) is 0 Å². The molecular weight excluding hydrogens is 238 g/mol. The van der Waals surface area contributed by atoms with Crippen molar-refractivity contribution in [2.24, 2.45) is 11.8 Å². The summed E-state index contributed by atoms with van der Waals surface area (Å²) in [4.78, 5) is 11.6. The third-order valence-corrected chi connectivity index (χ3v) is 5.05. The summed E-state index contributed by atoms with van der Waals surface area (Å²) in [5.74, 6) is 1.10. The molecule has 0 aromatic carbocycles. The largest absolute Gasteiger partial charge is 0.299 e. The number of hydrogen-bond acceptors (Lipinski definition) is 3. The summed E-state index contributed by atoms with van der Waals surface area (Å²) in [7, 11) is -3.05. The Bertz CT molecular complexity index is 387. The highest BCUT2D eigenvalue weighted by Gasteiger charge is 2.31. The summed E-state index contributed by atoms with van der Waals surface area (Å²) in [5, 5.41) is 0. The van der Waals surface area contributed by atoms with Crippen LogP contribution in [0.5, 0.6) is 0 Å². The maximum absolute atomic E-state index is 11.6. The van der Waals surface area contributed by atoms with E-state index in [0.29, 0.717) is 37.1 Å². The zero-order valence-corrected chi connectivity index (χ0v) is 11.2. The fourth-order valence-electron chi connectivity index (χ4n) is 2.52. The molecule has 17 heavy (non-hydrogen) atoms. The highest BCUT2D eigenvalue weighted by molar-refractivity contribution is 7.88. The van der Waals surface area contributed by atoms with Crippen LogP contribution in [0.15, 0.2) is 0 Å². The number of piperidine rings is 1. The van der Waals surface area contributed by atoms with E-state index in [1.807, 2.05) is 0 Å². The molecule has 0 amide bonds. The molecule has 1 saturated heterocycles. The second-order valence-corrected chi connectivity index (χ2v) is 7.39. The van der Waals surface area contributed by atoms with Gasteiger partial charge in [-0.25, -0.2) is 12.7 Å². The molecule has 2 fully saturated rings. The number of nitrogens with zero attached hydrogens (tertiary/aromatic N) is 1. The molecule has 1 aliphatic carbocycles. The van der Waals surface area contributed by atoms with Crippen LogP contribution in [0.2, 0.25) is 0 Å². The lowest BCUT2D eigenvalue weighted by atomic mass is 9.93. The predicted octanol–water partition coefficient (Wildman–Crippen LogP) is 1.42. The van der Waals surface area contributed by atoms with Crippen LogP contribution in [0.3, 0.4) is 0 Å². The molecule has 4 nitrogen and oxygen atoms in total. The smallest absolute Gasteiger partial charge is 0.211 e. The van der Waals surface area contributed by atoms with E-state index in [1.54, 1.807) is 4.31 Å². The van der Waals surface area contributed by atoms with Crippen molar-refractivity contribution >= 4 is 15.8 Å². The van der Waals surface area contributed by atoms with Crippen molar-refractivity contribution in [3.05, 3.63) is 0 Å². The van der Waals surface area contributed by atoms with Gasteiger partial charge >= 0.3 is 0 Å². The summed E-state index contributed by atoms with van der Waals surface area (Å²) >= 11 is 0. The van der Waals surface area contributed by atoms with Crippen molar-refractivity contribution in [1.82, 2.24) is 4.31 Å². The summed E-state index contributed by atoms with van der Waals surface area (Å²) in [6.45, 7) is 1.25. The average molecular weight is 259 g/mol. The zero-order valence-electron chi connectivity index (χ0n) is 10.4. The first-order valence-corrected chi connectivity index (χ1v) is 8.29. The molecule has 98 valence electrons. The molecule has 0 aromatic rings. The standard InChI is InChI=1S/C12H21NO3S/c1-17(15,16)13-8-2-3-10(9-13)4-7-12(14)11-5-6-11/h10-11H,2-9H2,1H3. The fourth-order valence-corrected chi connectivity index (χ4v) is 3.46. The molecule has 0 aromatic heterocycles. The minimum atomic E-state index is -3.05. The van der Waals surface area contributed by atoms with Crippen molar-refractivity contribution in [2.75, 3.05) is 19.3 Å². The van der Waals surface area contributed by atoms with Crippen molar-refractivity contribution in [1.29, 1.82) is 0 Å². The Hall–Kier alpha value is -0.420. The molecule has 1 aliphatic heterocycles. The van der Waals surface area contributed by atoms with Crippen molar-refractivity contribution < 1.29 is 13.2 Å². The Balaban J connectivity index is 1.79. The van der Waals surface area contributed by atoms with Gasteiger partial charge in [-0.15, -0.1) is 0 Å². The fraction of sp³-hybridized carbons (Fsp3) is 0.917. The second-order valence-electron chi connectivity index (χ2n) is 5.41. The van der Waals surface area contributed by atoms with Crippen LogP contribution in [-0.2, 0) is 14.8 Å². The Labute approximate surface area is 103 Å². The molecule has 0 spiro atoms. The summed E-state index contributed by atoms with van der Waals surface area (Å²) in [6.07, 6.45) is 6.90. The SMILES string of the molecule is CS(=O)(=O)N1CCCC(CCC(=O)C2CC2)C1. The van der Waals surface area contributed by atoms with Gasteiger partial charge < -0.3 is 0 Å². The van der Waals surface area contributed by atoms with E-state index in [2.05, 4.69) is 0 Å². The molecule has 0 bridgehead atoms. The average Bonchev–Trinajstić information content (AvgIpc) is 3.09. The minimum Gasteiger partial charge on any atom is -0.299 e. The molecule has 2 aliphatic rings. The quantitative estimate of drug-likeness (QED) is 0.750.